The van der Waals surface area contributed by atoms with Gasteiger partial charge in [0.05, 0.1) is 0 Å². The molecule has 0 atom stereocenters. The van der Waals surface area contributed by atoms with Crippen molar-refractivity contribution in [2.75, 3.05) is 0 Å². The molecule has 0 aliphatic rings. The first-order valence-corrected chi connectivity index (χ1v) is 4.79. The van der Waals surface area contributed by atoms with Crippen molar-refractivity contribution >= 4 is 29.3 Å². The van der Waals surface area contributed by atoms with Crippen LogP contribution in [0.1, 0.15) is 20.3 Å². The van der Waals surface area contributed by atoms with Gasteiger partial charge in [0.1, 0.15) is 0 Å². The van der Waals surface area contributed by atoms with Crippen LogP contribution in [-0.4, -0.2) is 89.6 Å². The zero-order valence-electron chi connectivity index (χ0n) is 12.0. The molecule has 0 saturated carbocycles. The molecular formula is C4H21B4LiO12. The maximum atomic E-state index is 7.17. The molecule has 17 heteroatoms. The predicted molar refractivity (Wildman–Crippen MR) is 69.9 cm³/mol. The fourth-order valence-corrected chi connectivity index (χ4v) is 0. The SMILES string of the molecule is C[CH-]CC.OB(O)O.OB(O)O.OB(O)O.OB(O)O.[Li+]. The first-order valence-electron chi connectivity index (χ1n) is 4.79. The van der Waals surface area contributed by atoms with Crippen molar-refractivity contribution in [2.24, 2.45) is 0 Å². The molecule has 0 aromatic heterocycles. The van der Waals surface area contributed by atoms with E-state index in [9.17, 15) is 0 Å². The molecule has 0 radical (unpaired) electrons. The second kappa shape index (κ2) is 37.0. The Morgan fingerprint density at radius 2 is 0.619 bits per heavy atom. The van der Waals surface area contributed by atoms with Crippen molar-refractivity contribution < 1.29 is 79.1 Å². The molecule has 0 rings (SSSR count). The van der Waals surface area contributed by atoms with Gasteiger partial charge in [0.15, 0.2) is 0 Å². The Morgan fingerprint density at radius 1 is 0.571 bits per heavy atom. The number of rotatable bonds is 1. The Labute approximate surface area is 135 Å². The summed E-state index contributed by atoms with van der Waals surface area (Å²) in [6, 6.07) is 0. The molecule has 0 aromatic rings. The monoisotopic (exact) mass is 312 g/mol. The Kier molecular flexibility index (Phi) is 66.2. The van der Waals surface area contributed by atoms with Gasteiger partial charge in [-0.25, -0.2) is 0 Å². The molecule has 21 heavy (non-hydrogen) atoms. The van der Waals surface area contributed by atoms with Crippen LogP contribution in [0.15, 0.2) is 0 Å². The molecule has 0 heterocycles. The quantitative estimate of drug-likeness (QED) is 0.159. The summed E-state index contributed by atoms with van der Waals surface area (Å²) in [5, 5.41) is 86.0. The van der Waals surface area contributed by atoms with Gasteiger partial charge in [-0.05, 0) is 0 Å². The maximum Gasteiger partial charge on any atom is 1.00 e. The van der Waals surface area contributed by atoms with Gasteiger partial charge in [-0.3, -0.25) is 0 Å². The number of hydrogen-bond donors (Lipinski definition) is 12. The van der Waals surface area contributed by atoms with Crippen molar-refractivity contribution in [3.8, 4) is 0 Å². The Balaban J connectivity index is -0.0000000331. The van der Waals surface area contributed by atoms with Gasteiger partial charge in [0.2, 0.25) is 0 Å². The van der Waals surface area contributed by atoms with E-state index >= 15 is 0 Å². The third-order valence-electron chi connectivity index (χ3n) is 0.408. The molecule has 0 saturated heterocycles. The van der Waals surface area contributed by atoms with Crippen molar-refractivity contribution in [1.82, 2.24) is 0 Å². The number of unbranched alkanes of at least 4 members (excludes halogenated alkanes) is 1. The topological polar surface area (TPSA) is 243 Å². The molecule has 12 nitrogen and oxygen atoms in total. The Morgan fingerprint density at radius 3 is 0.619 bits per heavy atom. The molecule has 0 aromatic carbocycles. The van der Waals surface area contributed by atoms with Crippen LogP contribution in [-0.2, 0) is 0 Å². The van der Waals surface area contributed by atoms with Crippen molar-refractivity contribution in [1.29, 1.82) is 0 Å². The molecule has 0 bridgehead atoms. The van der Waals surface area contributed by atoms with Crippen LogP contribution in [0.25, 0.3) is 0 Å². The zero-order chi connectivity index (χ0) is 17.7. The maximum absolute atomic E-state index is 7.17. The van der Waals surface area contributed by atoms with E-state index in [2.05, 4.69) is 20.3 Å². The molecule has 12 N–H and O–H groups in total. The molecule has 0 unspecified atom stereocenters. The summed E-state index contributed by atoms with van der Waals surface area (Å²) < 4.78 is 0. The van der Waals surface area contributed by atoms with Crippen LogP contribution < -0.4 is 18.9 Å². The summed E-state index contributed by atoms with van der Waals surface area (Å²) >= 11 is 0. The second-order valence-corrected chi connectivity index (χ2v) is 2.20. The average molecular weight is 311 g/mol. The van der Waals surface area contributed by atoms with Gasteiger partial charge >= 0.3 is 48.1 Å². The second-order valence-electron chi connectivity index (χ2n) is 2.20. The van der Waals surface area contributed by atoms with Crippen molar-refractivity contribution in [3.05, 3.63) is 6.42 Å². The predicted octanol–water partition coefficient (Wildman–Crippen LogP) is -9.58. The van der Waals surface area contributed by atoms with Gasteiger partial charge in [0.25, 0.3) is 0 Å². The summed E-state index contributed by atoms with van der Waals surface area (Å²) in [6.07, 6.45) is 3.32. The van der Waals surface area contributed by atoms with E-state index in [1.54, 1.807) is 0 Å². The van der Waals surface area contributed by atoms with E-state index in [0.29, 0.717) is 0 Å². The van der Waals surface area contributed by atoms with E-state index < -0.39 is 29.3 Å². The minimum Gasteiger partial charge on any atom is -0.402 e. The zero-order valence-corrected chi connectivity index (χ0v) is 12.0. The summed E-state index contributed by atoms with van der Waals surface area (Å²) in [6.45, 7) is 4.18. The normalized spacial score (nSPS) is 6.57. The van der Waals surface area contributed by atoms with Crippen LogP contribution >= 0.6 is 0 Å². The molecular weight excluding hydrogens is 290 g/mol. The van der Waals surface area contributed by atoms with E-state index in [1.165, 1.54) is 6.42 Å². The molecule has 0 aliphatic heterocycles. The number of hydrogen-bond acceptors (Lipinski definition) is 12. The largest absolute Gasteiger partial charge is 1.00 e. The fourth-order valence-electron chi connectivity index (χ4n) is 0. The van der Waals surface area contributed by atoms with Gasteiger partial charge in [-0.1, -0.05) is 6.92 Å². The van der Waals surface area contributed by atoms with Gasteiger partial charge in [0, 0.05) is 0 Å². The van der Waals surface area contributed by atoms with E-state index in [4.69, 9.17) is 60.3 Å². The fraction of sp³-hybridized carbons (Fsp3) is 0.750. The first kappa shape index (κ1) is 37.5. The third-order valence-corrected chi connectivity index (χ3v) is 0.408. The Bertz CT molecular complexity index is 94.8. The summed E-state index contributed by atoms with van der Waals surface area (Å²) in [5.41, 5.74) is 0. The van der Waals surface area contributed by atoms with Crippen molar-refractivity contribution in [2.45, 2.75) is 20.3 Å². The third kappa shape index (κ3) is 3630. The summed E-state index contributed by atoms with van der Waals surface area (Å²) in [5.74, 6) is 0. The van der Waals surface area contributed by atoms with Crippen molar-refractivity contribution in [3.63, 3.8) is 0 Å². The first-order chi connectivity index (χ1) is 8.84. The van der Waals surface area contributed by atoms with Gasteiger partial charge < -0.3 is 66.7 Å². The molecule has 0 amide bonds. The molecule has 122 valence electrons. The molecule has 0 spiro atoms. The molecule has 0 aliphatic carbocycles. The smallest absolute Gasteiger partial charge is 0.402 e. The minimum absolute atomic E-state index is 0. The minimum atomic E-state index is -2.17. The van der Waals surface area contributed by atoms with Gasteiger partial charge in [-0.2, -0.15) is 13.3 Å². The van der Waals surface area contributed by atoms with E-state index in [-0.39, 0.29) is 18.9 Å². The van der Waals surface area contributed by atoms with Gasteiger partial charge in [-0.15, -0.1) is 0 Å². The van der Waals surface area contributed by atoms with Crippen LogP contribution in [0.5, 0.6) is 0 Å². The average Bonchev–Trinajstić information content (AvgIpc) is 2.13. The Hall–Kier alpha value is 0.377. The van der Waals surface area contributed by atoms with Crippen LogP contribution in [0.4, 0.5) is 0 Å². The van der Waals surface area contributed by atoms with Crippen LogP contribution in [0, 0.1) is 6.42 Å². The standard InChI is InChI=1S/C4H9.4BH3O3.Li/c1-3-4-2;4*2-1(3)4;/h3H,4H2,1-2H3;4*2-4H;/q-1;;;;;+1. The van der Waals surface area contributed by atoms with E-state index in [0.717, 1.165) is 0 Å². The molecule has 0 fully saturated rings. The summed E-state index contributed by atoms with van der Waals surface area (Å²) in [4.78, 5) is 0. The van der Waals surface area contributed by atoms with Crippen LogP contribution in [0.3, 0.4) is 0 Å². The van der Waals surface area contributed by atoms with Crippen LogP contribution in [0.2, 0.25) is 0 Å². The van der Waals surface area contributed by atoms with E-state index in [1.807, 2.05) is 0 Å². The summed E-state index contributed by atoms with van der Waals surface area (Å²) in [7, 11) is -8.67.